The first kappa shape index (κ1) is 69.8. The van der Waals surface area contributed by atoms with Crippen LogP contribution in [-0.2, 0) is 54.1 Å². The van der Waals surface area contributed by atoms with Crippen LogP contribution < -0.4 is 26.2 Å². The van der Waals surface area contributed by atoms with E-state index in [1.165, 1.54) is 0 Å². The largest absolute Gasteiger partial charge is 0.310 e. The second-order valence-electron chi connectivity index (χ2n) is 45.2. The Kier molecular flexibility index (Phi) is 16.9. The van der Waals surface area contributed by atoms with Gasteiger partial charge in [0, 0.05) is 55.8 Å². The van der Waals surface area contributed by atoms with Crippen molar-refractivity contribution in [3.63, 3.8) is 0 Å². The molecule has 2 aliphatic heterocycles. The number of fused-ring (bicyclic) bond motifs is 7. The minimum Gasteiger partial charge on any atom is -0.310 e. The summed E-state index contributed by atoms with van der Waals surface area (Å²) in [5.74, 6) is 0. The zero-order valence-corrected chi connectivity index (χ0v) is 78.2. The normalized spacial score (nSPS) is 15.3. The molecule has 0 N–H and O–H groups in total. The molecule has 3 heterocycles. The van der Waals surface area contributed by atoms with E-state index in [2.05, 4.69) is 381 Å². The monoisotopic (exact) mass is 1620 g/mol. The standard InChI is InChI=1S/C118H132BN3/c1-109(2,3)79-52-48-74(49-53-79)91-67-85(115(19,20)21)70-95(93-66-80(110(4,5)6)54-55-97(93)118(28,29)30)107(91)121-103-63-76(77-58-81(111(7,8)9)64-82(59-77)112(10,11)12)51-57-99(103)119-98-56-50-75(73-40-32-31-33-41-73)62-102(98)122(105-72-87(71-104(121)106(105)119)120-100-46-38-35-43-89(100)90-44-36-39-47-101(90)120)108-92(78-60-83(113(13,14)15)65-84(61-78)114(16,17)18)68-86(116(22,23)24)69-94(108)88-42-34-37-45-96(88)117(25,26)27/h31-72H,1-30H3/i31D,32D,33D,35D,36D,38D,39D,40D,41D,43D,44D,46D,47D. The van der Waals surface area contributed by atoms with Gasteiger partial charge in [0.25, 0.3) is 6.71 Å². The molecule has 0 spiro atoms. The molecule has 0 atom stereocenters. The lowest BCUT2D eigenvalue weighted by Crippen LogP contribution is -2.61. The first-order valence-electron chi connectivity index (χ1n) is 50.4. The number of anilines is 6. The van der Waals surface area contributed by atoms with Gasteiger partial charge in [-0.2, -0.15) is 0 Å². The second kappa shape index (κ2) is 29.5. The van der Waals surface area contributed by atoms with E-state index in [1.807, 2.05) is 12.1 Å². The molecule has 14 aromatic rings. The minimum absolute atomic E-state index is 0.00161. The number of hydrogen-bond acceptors (Lipinski definition) is 2. The maximum atomic E-state index is 10.6. The molecular formula is C118H132BN3. The van der Waals surface area contributed by atoms with Crippen molar-refractivity contribution in [3.8, 4) is 72.4 Å². The van der Waals surface area contributed by atoms with E-state index in [1.54, 1.807) is 4.57 Å². The van der Waals surface area contributed by atoms with Crippen molar-refractivity contribution in [2.75, 3.05) is 9.80 Å². The van der Waals surface area contributed by atoms with Crippen LogP contribution in [0.15, 0.2) is 254 Å². The quantitative estimate of drug-likeness (QED) is 0.133. The highest BCUT2D eigenvalue weighted by Gasteiger charge is 2.47. The van der Waals surface area contributed by atoms with Crippen molar-refractivity contribution < 1.29 is 17.8 Å². The zero-order valence-electron chi connectivity index (χ0n) is 91.2. The van der Waals surface area contributed by atoms with Crippen LogP contribution >= 0.6 is 0 Å². The topological polar surface area (TPSA) is 11.4 Å². The molecule has 0 radical (unpaired) electrons. The van der Waals surface area contributed by atoms with Gasteiger partial charge in [-0.3, -0.25) is 0 Å². The fourth-order valence-electron chi connectivity index (χ4n) is 18.2. The van der Waals surface area contributed by atoms with Gasteiger partial charge in [0.1, 0.15) is 0 Å². The van der Waals surface area contributed by atoms with Gasteiger partial charge >= 0.3 is 0 Å². The summed E-state index contributed by atoms with van der Waals surface area (Å²) in [5.41, 5.74) is 23.4. The van der Waals surface area contributed by atoms with Gasteiger partial charge in [-0.05, 0) is 231 Å². The van der Waals surface area contributed by atoms with Crippen molar-refractivity contribution >= 4 is 79.0 Å². The van der Waals surface area contributed by atoms with E-state index >= 15 is 0 Å². The molecule has 1 aromatic heterocycles. The summed E-state index contributed by atoms with van der Waals surface area (Å²) in [6.45, 7) is 67.0. The Morgan fingerprint density at radius 3 is 1.03 bits per heavy atom. The van der Waals surface area contributed by atoms with Crippen LogP contribution in [0.4, 0.5) is 34.1 Å². The first-order chi connectivity index (χ1) is 62.2. The number of hydrogen-bond donors (Lipinski definition) is 0. The molecular weight excluding hydrogens is 1470 g/mol. The molecule has 0 saturated heterocycles. The highest BCUT2D eigenvalue weighted by atomic mass is 15.2. The smallest absolute Gasteiger partial charge is 0.252 e. The Balaban J connectivity index is 1.26. The molecule has 16 rings (SSSR count). The van der Waals surface area contributed by atoms with E-state index in [4.69, 9.17) is 1.37 Å². The zero-order chi connectivity index (χ0) is 99.1. The fourth-order valence-corrected chi connectivity index (χ4v) is 18.2. The van der Waals surface area contributed by atoms with Gasteiger partial charge in [0.2, 0.25) is 0 Å². The summed E-state index contributed by atoms with van der Waals surface area (Å²) in [4.78, 5) is 4.85. The van der Waals surface area contributed by atoms with Gasteiger partial charge in [-0.1, -0.05) is 402 Å². The van der Waals surface area contributed by atoms with Gasteiger partial charge in [-0.25, -0.2) is 0 Å². The third kappa shape index (κ3) is 15.5. The molecule has 0 bridgehead atoms. The molecule has 622 valence electrons. The van der Waals surface area contributed by atoms with E-state index in [9.17, 15) is 16.4 Å². The molecule has 122 heavy (non-hydrogen) atoms. The summed E-state index contributed by atoms with van der Waals surface area (Å²) in [7, 11) is 0. The van der Waals surface area contributed by atoms with Crippen LogP contribution in [0, 0.1) is 0 Å². The van der Waals surface area contributed by atoms with Crippen LogP contribution in [-0.4, -0.2) is 11.3 Å². The maximum Gasteiger partial charge on any atom is 0.252 e. The van der Waals surface area contributed by atoms with E-state index in [0.717, 1.165) is 145 Å². The molecule has 4 heteroatoms. The third-order valence-electron chi connectivity index (χ3n) is 25.6. The van der Waals surface area contributed by atoms with E-state index in [-0.39, 0.29) is 66.8 Å². The van der Waals surface area contributed by atoms with E-state index in [0.29, 0.717) is 22.6 Å². The molecule has 0 aliphatic carbocycles. The summed E-state index contributed by atoms with van der Waals surface area (Å²) < 4.78 is 130. The maximum absolute atomic E-state index is 10.6. The summed E-state index contributed by atoms with van der Waals surface area (Å²) in [6, 6.07) is 59.2. The molecule has 0 saturated carbocycles. The summed E-state index contributed by atoms with van der Waals surface area (Å²) in [5, 5.41) is -0.165. The van der Waals surface area contributed by atoms with Crippen LogP contribution in [0.1, 0.15) is 281 Å². The van der Waals surface area contributed by atoms with Crippen LogP contribution in [0.3, 0.4) is 0 Å². The lowest BCUT2D eigenvalue weighted by molar-refractivity contribution is 0.568. The Morgan fingerprint density at radius 1 is 0.238 bits per heavy atom. The van der Waals surface area contributed by atoms with Gasteiger partial charge < -0.3 is 14.4 Å². The molecule has 3 nitrogen and oxygen atoms in total. The van der Waals surface area contributed by atoms with Gasteiger partial charge in [0.05, 0.1) is 45.9 Å². The Morgan fingerprint density at radius 2 is 0.590 bits per heavy atom. The average Bonchev–Trinajstić information content (AvgIpc) is 1.63. The van der Waals surface area contributed by atoms with Crippen molar-refractivity contribution in [2.45, 2.75) is 262 Å². The molecule has 0 fully saturated rings. The molecule has 0 unspecified atom stereocenters. The molecule has 2 aliphatic rings. The number of aromatic nitrogens is 1. The van der Waals surface area contributed by atoms with Crippen molar-refractivity contribution in [3.05, 3.63) is 310 Å². The van der Waals surface area contributed by atoms with Crippen molar-refractivity contribution in [1.82, 2.24) is 4.57 Å². The lowest BCUT2D eigenvalue weighted by Gasteiger charge is -2.46. The Bertz CT molecular complexity index is 7130. The Labute approximate surface area is 751 Å². The summed E-state index contributed by atoms with van der Waals surface area (Å²) >= 11 is 0. The fraction of sp³-hybridized carbons (Fsp3) is 0.339. The van der Waals surface area contributed by atoms with Gasteiger partial charge in [-0.15, -0.1) is 0 Å². The van der Waals surface area contributed by atoms with Crippen molar-refractivity contribution in [2.24, 2.45) is 0 Å². The SMILES string of the molecule is [2H]c1c([2H])c([2H])c(-c2ccc3c(c2)N(c2c(-c4cc(C(C)(C)C)cc(C(C)(C)C)c4)cc(C(C)(C)C)cc2-c2ccccc2C(C)(C)C)c2cc(-n4c5c([2H])c([2H])c([2H])c([2H])c5c5c([2H])c([2H])c([2H])c([2H])c54)cc4c2B3c2ccc(-c3cc(C(C)(C)C)cc(C(C)(C)C)c3)cc2N4c2c(-c3ccc(C(C)(C)C)cc3)cc(C(C)(C)C)cc2-c2cc(C(C)(C)C)ccc2C(C)(C)C)c([2H])c1[2H]. The number of para-hydroxylation sites is 2. The van der Waals surface area contributed by atoms with Crippen LogP contribution in [0.25, 0.3) is 94.3 Å². The Hall–Kier alpha value is -10.7. The highest BCUT2D eigenvalue weighted by Crippen LogP contribution is 2.58. The summed E-state index contributed by atoms with van der Waals surface area (Å²) in [6.07, 6.45) is 0. The predicted molar refractivity (Wildman–Crippen MR) is 534 cm³/mol. The average molecular weight is 1620 g/mol. The molecule has 0 amide bonds. The lowest BCUT2D eigenvalue weighted by atomic mass is 9.33. The van der Waals surface area contributed by atoms with Crippen LogP contribution in [0.5, 0.6) is 0 Å². The second-order valence-corrected chi connectivity index (χ2v) is 45.2. The molecule has 13 aromatic carbocycles. The van der Waals surface area contributed by atoms with Gasteiger partial charge in [0.15, 0.2) is 0 Å². The number of nitrogens with zero attached hydrogens (tertiary/aromatic N) is 3. The highest BCUT2D eigenvalue weighted by molar-refractivity contribution is 7.00. The predicted octanol–water partition coefficient (Wildman–Crippen LogP) is 31.8. The van der Waals surface area contributed by atoms with Crippen molar-refractivity contribution in [1.29, 1.82) is 0 Å². The van der Waals surface area contributed by atoms with E-state index < -0.39 is 106 Å². The first-order valence-corrected chi connectivity index (χ1v) is 43.9. The number of rotatable bonds is 9. The third-order valence-corrected chi connectivity index (χ3v) is 25.6. The minimum atomic E-state index is -0.774. The number of benzene rings is 13. The van der Waals surface area contributed by atoms with Crippen LogP contribution in [0.2, 0.25) is 0 Å².